The first-order valence-electron chi connectivity index (χ1n) is 3.48. The molecule has 0 fully saturated rings. The van der Waals surface area contributed by atoms with Crippen LogP contribution < -0.4 is 0 Å². The smallest absolute Gasteiger partial charge is 0.109 e. The van der Waals surface area contributed by atoms with Gasteiger partial charge in [-0.3, -0.25) is 0 Å². The predicted octanol–water partition coefficient (Wildman–Crippen LogP) is 3.49. The first kappa shape index (κ1) is 8.26. The molecule has 0 aliphatic carbocycles. The lowest BCUT2D eigenvalue weighted by atomic mass is 10.2. The Hall–Kier alpha value is -0.350. The lowest BCUT2D eigenvalue weighted by Crippen LogP contribution is -1.83. The fourth-order valence-electron chi connectivity index (χ4n) is 1.12. The Balaban J connectivity index is 2.95. The third kappa shape index (κ3) is 1.29. The minimum atomic E-state index is 0.714. The van der Waals surface area contributed by atoms with E-state index in [-0.39, 0.29) is 0 Å². The Morgan fingerprint density at radius 1 is 1.17 bits per heavy atom. The highest BCUT2D eigenvalue weighted by atomic mass is 127. The van der Waals surface area contributed by atoms with Crippen LogP contribution in [0.4, 0.5) is 0 Å². The molecular weight excluding hydrogens is 284 g/mol. The zero-order valence-electron chi connectivity index (χ0n) is 6.09. The van der Waals surface area contributed by atoms with Gasteiger partial charge in [-0.25, -0.2) is 4.98 Å². The molecule has 0 aliphatic heterocycles. The number of aromatic nitrogens is 1. The number of nitrogens with zero attached hydrogens (tertiary/aromatic N) is 1. The average molecular weight is 290 g/mol. The van der Waals surface area contributed by atoms with Crippen LogP contribution >= 0.6 is 34.2 Å². The van der Waals surface area contributed by atoms with E-state index in [9.17, 15) is 0 Å². The highest BCUT2D eigenvalue weighted by Gasteiger charge is 2.01. The fourth-order valence-corrected chi connectivity index (χ4v) is 1.95. The van der Waals surface area contributed by atoms with Crippen LogP contribution in [0.5, 0.6) is 0 Å². The van der Waals surface area contributed by atoms with Gasteiger partial charge in [-0.05, 0) is 22.6 Å². The summed E-state index contributed by atoms with van der Waals surface area (Å²) in [5.41, 5.74) is 0. The third-order valence-electron chi connectivity index (χ3n) is 1.70. The van der Waals surface area contributed by atoms with E-state index in [1.54, 1.807) is 6.20 Å². The van der Waals surface area contributed by atoms with E-state index in [0.29, 0.717) is 5.02 Å². The highest BCUT2D eigenvalue weighted by molar-refractivity contribution is 14.1. The van der Waals surface area contributed by atoms with Crippen LogP contribution in [0.1, 0.15) is 0 Å². The molecule has 0 unspecified atom stereocenters. The van der Waals surface area contributed by atoms with Gasteiger partial charge >= 0.3 is 0 Å². The number of hydrogen-bond donors (Lipinski definition) is 0. The molecule has 0 spiro atoms. The molecule has 0 amide bonds. The van der Waals surface area contributed by atoms with Crippen molar-refractivity contribution in [2.45, 2.75) is 0 Å². The van der Waals surface area contributed by atoms with Crippen LogP contribution in [-0.2, 0) is 0 Å². The van der Waals surface area contributed by atoms with E-state index < -0.39 is 0 Å². The first-order chi connectivity index (χ1) is 5.79. The average Bonchev–Trinajstić information content (AvgIpc) is 2.12. The second-order valence-corrected chi connectivity index (χ2v) is 3.87. The van der Waals surface area contributed by atoms with Crippen molar-refractivity contribution in [3.63, 3.8) is 0 Å². The van der Waals surface area contributed by atoms with E-state index in [1.807, 2.05) is 24.3 Å². The summed E-state index contributed by atoms with van der Waals surface area (Å²) >= 11 is 8.17. The van der Waals surface area contributed by atoms with Crippen molar-refractivity contribution in [1.82, 2.24) is 4.98 Å². The second-order valence-electron chi connectivity index (χ2n) is 2.44. The molecule has 1 aromatic heterocycles. The topological polar surface area (TPSA) is 12.9 Å². The Morgan fingerprint density at radius 3 is 2.50 bits per heavy atom. The van der Waals surface area contributed by atoms with E-state index in [1.165, 1.54) is 0 Å². The van der Waals surface area contributed by atoms with Crippen LogP contribution in [0.2, 0.25) is 5.02 Å². The van der Waals surface area contributed by atoms with Crippen molar-refractivity contribution in [1.29, 1.82) is 0 Å². The Kier molecular flexibility index (Phi) is 2.19. The summed E-state index contributed by atoms with van der Waals surface area (Å²) < 4.78 is 0.993. The zero-order chi connectivity index (χ0) is 8.55. The molecule has 1 aromatic carbocycles. The summed E-state index contributed by atoms with van der Waals surface area (Å²) in [5.74, 6) is 0. The molecular formula is C9H5ClIN. The van der Waals surface area contributed by atoms with Crippen molar-refractivity contribution in [2.75, 3.05) is 0 Å². The summed E-state index contributed by atoms with van der Waals surface area (Å²) in [6.07, 6.45) is 1.69. The number of fused-ring (bicyclic) bond motifs is 1. The molecule has 2 aromatic rings. The second kappa shape index (κ2) is 3.18. The van der Waals surface area contributed by atoms with E-state index >= 15 is 0 Å². The molecule has 0 atom stereocenters. The van der Waals surface area contributed by atoms with Crippen molar-refractivity contribution in [3.8, 4) is 0 Å². The van der Waals surface area contributed by atoms with Gasteiger partial charge in [-0.2, -0.15) is 0 Å². The van der Waals surface area contributed by atoms with Crippen molar-refractivity contribution >= 4 is 45.0 Å². The van der Waals surface area contributed by atoms with Crippen LogP contribution in [-0.4, -0.2) is 4.98 Å². The van der Waals surface area contributed by atoms with Gasteiger partial charge in [0.1, 0.15) is 3.70 Å². The van der Waals surface area contributed by atoms with Crippen molar-refractivity contribution < 1.29 is 0 Å². The maximum atomic E-state index is 5.96. The number of benzene rings is 1. The molecule has 0 bridgehead atoms. The zero-order valence-corrected chi connectivity index (χ0v) is 9.00. The van der Waals surface area contributed by atoms with E-state index in [4.69, 9.17) is 11.6 Å². The van der Waals surface area contributed by atoms with Gasteiger partial charge < -0.3 is 0 Å². The van der Waals surface area contributed by atoms with Crippen LogP contribution in [0.3, 0.4) is 0 Å². The molecule has 0 radical (unpaired) electrons. The quantitative estimate of drug-likeness (QED) is 0.534. The molecule has 12 heavy (non-hydrogen) atoms. The minimum Gasteiger partial charge on any atom is -0.248 e. The summed E-state index contributed by atoms with van der Waals surface area (Å²) in [6, 6.07) is 7.99. The first-order valence-corrected chi connectivity index (χ1v) is 4.93. The van der Waals surface area contributed by atoms with Gasteiger partial charge in [0, 0.05) is 17.0 Å². The Bertz CT molecular complexity index is 387. The standard InChI is InChI=1S/C9H5ClIN/c10-8-5-12-9(11)7-4-2-1-3-6(7)8/h1-5H. The summed E-state index contributed by atoms with van der Waals surface area (Å²) in [4.78, 5) is 4.16. The molecule has 2 rings (SSSR count). The molecule has 3 heteroatoms. The molecule has 1 heterocycles. The highest BCUT2D eigenvalue weighted by Crippen LogP contribution is 2.24. The van der Waals surface area contributed by atoms with Gasteiger partial charge in [0.25, 0.3) is 0 Å². The Labute approximate surface area is 88.9 Å². The molecule has 1 nitrogen and oxygen atoms in total. The molecule has 0 saturated carbocycles. The number of hydrogen-bond acceptors (Lipinski definition) is 1. The molecule has 0 N–H and O–H groups in total. The van der Waals surface area contributed by atoms with Gasteiger partial charge in [0.15, 0.2) is 0 Å². The van der Waals surface area contributed by atoms with E-state index in [0.717, 1.165) is 14.5 Å². The number of pyridine rings is 1. The normalized spacial score (nSPS) is 10.5. The van der Waals surface area contributed by atoms with Gasteiger partial charge in [-0.1, -0.05) is 35.9 Å². The van der Waals surface area contributed by atoms with Gasteiger partial charge in [0.2, 0.25) is 0 Å². The third-order valence-corrected chi connectivity index (χ3v) is 2.86. The maximum absolute atomic E-state index is 5.96. The lowest BCUT2D eigenvalue weighted by Gasteiger charge is -2.00. The summed E-state index contributed by atoms with van der Waals surface area (Å²) in [5, 5.41) is 2.90. The van der Waals surface area contributed by atoms with Crippen molar-refractivity contribution in [2.24, 2.45) is 0 Å². The van der Waals surface area contributed by atoms with Crippen LogP contribution in [0.15, 0.2) is 30.5 Å². The van der Waals surface area contributed by atoms with Crippen LogP contribution in [0, 0.1) is 3.70 Å². The lowest BCUT2D eigenvalue weighted by molar-refractivity contribution is 1.31. The monoisotopic (exact) mass is 289 g/mol. The van der Waals surface area contributed by atoms with E-state index in [2.05, 4.69) is 27.6 Å². The fraction of sp³-hybridized carbons (Fsp3) is 0. The number of rotatable bonds is 0. The van der Waals surface area contributed by atoms with Crippen molar-refractivity contribution in [3.05, 3.63) is 39.2 Å². The molecule has 60 valence electrons. The van der Waals surface area contributed by atoms with Gasteiger partial charge in [0.05, 0.1) is 5.02 Å². The molecule has 0 aliphatic rings. The number of halogens is 2. The van der Waals surface area contributed by atoms with Gasteiger partial charge in [-0.15, -0.1) is 0 Å². The SMILES string of the molecule is Clc1cnc(I)c2ccccc12. The van der Waals surface area contributed by atoms with Crippen LogP contribution in [0.25, 0.3) is 10.8 Å². The largest absolute Gasteiger partial charge is 0.248 e. The maximum Gasteiger partial charge on any atom is 0.109 e. The summed E-state index contributed by atoms with van der Waals surface area (Å²) in [6.45, 7) is 0. The molecule has 0 saturated heterocycles. The minimum absolute atomic E-state index is 0.714. The summed E-state index contributed by atoms with van der Waals surface area (Å²) in [7, 11) is 0. The Morgan fingerprint density at radius 2 is 1.83 bits per heavy atom. The predicted molar refractivity (Wildman–Crippen MR) is 59.5 cm³/mol.